The molecular weight excluding hydrogens is 256 g/mol. The van der Waals surface area contributed by atoms with E-state index >= 15 is 0 Å². The molecule has 4 nitrogen and oxygen atoms in total. The Labute approximate surface area is 121 Å². The molecule has 0 aliphatic heterocycles. The quantitative estimate of drug-likeness (QED) is 0.780. The fourth-order valence-electron chi connectivity index (χ4n) is 4.80. The second-order valence-electron chi connectivity index (χ2n) is 6.46. The highest BCUT2D eigenvalue weighted by Gasteiger charge is 2.55. The second-order valence-corrected chi connectivity index (χ2v) is 6.46. The molecule has 2 rings (SSSR count). The maximum absolute atomic E-state index is 11.8. The van der Waals surface area contributed by atoms with E-state index in [4.69, 9.17) is 9.47 Å². The van der Waals surface area contributed by atoms with Crippen molar-refractivity contribution in [1.29, 1.82) is 0 Å². The Morgan fingerprint density at radius 2 is 1.55 bits per heavy atom. The number of aliphatic carboxylic acids is 1. The molecule has 116 valence electrons. The van der Waals surface area contributed by atoms with Gasteiger partial charge in [-0.2, -0.15) is 0 Å². The number of carbonyl (C=O) groups is 1. The summed E-state index contributed by atoms with van der Waals surface area (Å²) in [4.78, 5) is 11.8. The van der Waals surface area contributed by atoms with Crippen LogP contribution in [-0.2, 0) is 14.3 Å². The third kappa shape index (κ3) is 2.73. The van der Waals surface area contributed by atoms with E-state index in [9.17, 15) is 9.90 Å². The van der Waals surface area contributed by atoms with Gasteiger partial charge in [-0.1, -0.05) is 25.7 Å². The lowest BCUT2D eigenvalue weighted by atomic mass is 9.62. The molecule has 2 aliphatic carbocycles. The number of hydrogen-bond acceptors (Lipinski definition) is 3. The second kappa shape index (κ2) is 6.90. The number of hydrogen-bond donors (Lipinski definition) is 1. The van der Waals surface area contributed by atoms with Crippen molar-refractivity contribution in [3.05, 3.63) is 0 Å². The third-order valence-corrected chi connectivity index (χ3v) is 5.57. The monoisotopic (exact) mass is 284 g/mol. The summed E-state index contributed by atoms with van der Waals surface area (Å²) in [6.07, 6.45) is 8.56. The molecule has 0 saturated heterocycles. The van der Waals surface area contributed by atoms with Gasteiger partial charge < -0.3 is 14.6 Å². The first-order valence-electron chi connectivity index (χ1n) is 7.91. The highest BCUT2D eigenvalue weighted by atomic mass is 16.5. The molecule has 0 aromatic rings. The highest BCUT2D eigenvalue weighted by Crippen LogP contribution is 2.53. The van der Waals surface area contributed by atoms with Crippen molar-refractivity contribution in [2.24, 2.45) is 17.3 Å². The number of methoxy groups -OCH3 is 2. The van der Waals surface area contributed by atoms with Crippen LogP contribution in [0.2, 0.25) is 0 Å². The van der Waals surface area contributed by atoms with Crippen LogP contribution in [0.15, 0.2) is 0 Å². The van der Waals surface area contributed by atoms with Gasteiger partial charge in [0.1, 0.15) is 0 Å². The van der Waals surface area contributed by atoms with Crippen LogP contribution in [-0.4, -0.2) is 38.0 Å². The predicted octanol–water partition coefficient (Wildman–Crippen LogP) is 3.10. The van der Waals surface area contributed by atoms with E-state index in [1.54, 1.807) is 7.11 Å². The molecule has 2 saturated carbocycles. The van der Waals surface area contributed by atoms with Gasteiger partial charge in [-0.15, -0.1) is 0 Å². The van der Waals surface area contributed by atoms with Crippen molar-refractivity contribution in [2.45, 2.75) is 57.5 Å². The van der Waals surface area contributed by atoms with Crippen LogP contribution in [0.3, 0.4) is 0 Å². The van der Waals surface area contributed by atoms with E-state index in [1.807, 2.05) is 0 Å². The molecule has 1 unspecified atom stereocenters. The maximum atomic E-state index is 11.8. The highest BCUT2D eigenvalue weighted by molar-refractivity contribution is 5.73. The van der Waals surface area contributed by atoms with Crippen LogP contribution in [0.25, 0.3) is 0 Å². The van der Waals surface area contributed by atoms with Crippen LogP contribution in [0.1, 0.15) is 51.4 Å². The van der Waals surface area contributed by atoms with Crippen LogP contribution in [0, 0.1) is 17.3 Å². The van der Waals surface area contributed by atoms with Crippen LogP contribution < -0.4 is 0 Å². The van der Waals surface area contributed by atoms with Crippen LogP contribution in [0.5, 0.6) is 0 Å². The molecule has 0 spiro atoms. The molecule has 0 radical (unpaired) electrons. The van der Waals surface area contributed by atoms with E-state index in [-0.39, 0.29) is 5.41 Å². The van der Waals surface area contributed by atoms with Gasteiger partial charge in [-0.05, 0) is 37.5 Å². The zero-order valence-corrected chi connectivity index (χ0v) is 12.8. The number of ether oxygens (including phenoxy) is 2. The Balaban J connectivity index is 2.38. The Bertz CT molecular complexity index is 300. The lowest BCUT2D eigenvalue weighted by molar-refractivity contribution is -0.175. The SMILES string of the molecule is COCC(C1CCCC1)(C1CCCC1)C(OC)C(=O)O. The summed E-state index contributed by atoms with van der Waals surface area (Å²) in [5, 5.41) is 9.68. The predicted molar refractivity (Wildman–Crippen MR) is 76.7 cm³/mol. The molecule has 0 aromatic heterocycles. The molecule has 4 heteroatoms. The lowest BCUT2D eigenvalue weighted by Crippen LogP contribution is -2.53. The topological polar surface area (TPSA) is 55.8 Å². The summed E-state index contributed by atoms with van der Waals surface area (Å²) in [5.41, 5.74) is -0.345. The summed E-state index contributed by atoms with van der Waals surface area (Å²) >= 11 is 0. The van der Waals surface area contributed by atoms with Crippen molar-refractivity contribution in [3.63, 3.8) is 0 Å². The number of carboxylic acid groups (broad SMARTS) is 1. The number of carboxylic acids is 1. The minimum atomic E-state index is -0.830. The Hall–Kier alpha value is -0.610. The van der Waals surface area contributed by atoms with E-state index in [2.05, 4.69) is 0 Å². The van der Waals surface area contributed by atoms with E-state index in [1.165, 1.54) is 32.8 Å². The minimum absolute atomic E-state index is 0.345. The molecule has 2 fully saturated rings. The van der Waals surface area contributed by atoms with Crippen molar-refractivity contribution in [3.8, 4) is 0 Å². The summed E-state index contributed by atoms with van der Waals surface area (Å²) in [6, 6.07) is 0. The summed E-state index contributed by atoms with van der Waals surface area (Å²) in [5.74, 6) is 0.0153. The van der Waals surface area contributed by atoms with Gasteiger partial charge in [0.2, 0.25) is 0 Å². The Kier molecular flexibility index (Phi) is 5.44. The lowest BCUT2D eigenvalue weighted by Gasteiger charge is -2.46. The van der Waals surface area contributed by atoms with Gasteiger partial charge in [-0.3, -0.25) is 0 Å². The maximum Gasteiger partial charge on any atom is 0.333 e. The van der Waals surface area contributed by atoms with E-state index < -0.39 is 12.1 Å². The van der Waals surface area contributed by atoms with Crippen molar-refractivity contribution < 1.29 is 19.4 Å². The molecule has 2 aliphatic rings. The Morgan fingerprint density at radius 1 is 1.10 bits per heavy atom. The average molecular weight is 284 g/mol. The van der Waals surface area contributed by atoms with Gasteiger partial charge in [0.25, 0.3) is 0 Å². The first-order chi connectivity index (χ1) is 9.66. The fourth-order valence-corrected chi connectivity index (χ4v) is 4.80. The summed E-state index contributed by atoms with van der Waals surface area (Å²) in [6.45, 7) is 0.507. The van der Waals surface area contributed by atoms with Gasteiger partial charge in [0.15, 0.2) is 6.10 Å². The smallest absolute Gasteiger partial charge is 0.333 e. The minimum Gasteiger partial charge on any atom is -0.479 e. The first kappa shape index (κ1) is 15.8. The van der Waals surface area contributed by atoms with Crippen molar-refractivity contribution in [1.82, 2.24) is 0 Å². The fraction of sp³-hybridized carbons (Fsp3) is 0.938. The standard InChI is InChI=1S/C16H28O4/c1-19-11-16(12-7-3-4-8-12,13-9-5-6-10-13)14(20-2)15(17)18/h12-14H,3-11H2,1-2H3,(H,17,18). The molecule has 1 atom stereocenters. The first-order valence-corrected chi connectivity index (χ1v) is 7.91. The summed E-state index contributed by atoms with van der Waals surface area (Å²) in [7, 11) is 3.22. The molecule has 0 aromatic carbocycles. The van der Waals surface area contributed by atoms with Gasteiger partial charge in [0, 0.05) is 19.6 Å². The van der Waals surface area contributed by atoms with Gasteiger partial charge in [0.05, 0.1) is 6.61 Å². The zero-order chi connectivity index (χ0) is 14.6. The number of rotatable bonds is 7. The van der Waals surface area contributed by atoms with Crippen molar-refractivity contribution in [2.75, 3.05) is 20.8 Å². The van der Waals surface area contributed by atoms with E-state index in [0.717, 1.165) is 25.7 Å². The zero-order valence-electron chi connectivity index (χ0n) is 12.8. The van der Waals surface area contributed by atoms with Crippen LogP contribution >= 0.6 is 0 Å². The summed E-state index contributed by atoms with van der Waals surface area (Å²) < 4.78 is 11.0. The largest absolute Gasteiger partial charge is 0.479 e. The molecule has 0 heterocycles. The molecular formula is C16H28O4. The molecule has 0 bridgehead atoms. The molecule has 20 heavy (non-hydrogen) atoms. The van der Waals surface area contributed by atoms with Crippen molar-refractivity contribution >= 4 is 5.97 Å². The van der Waals surface area contributed by atoms with Gasteiger partial charge in [-0.25, -0.2) is 4.79 Å². The third-order valence-electron chi connectivity index (χ3n) is 5.57. The van der Waals surface area contributed by atoms with E-state index in [0.29, 0.717) is 18.4 Å². The van der Waals surface area contributed by atoms with Crippen LogP contribution in [0.4, 0.5) is 0 Å². The van der Waals surface area contributed by atoms with Gasteiger partial charge >= 0.3 is 5.97 Å². The molecule has 0 amide bonds. The normalized spacial score (nSPS) is 23.3. The Morgan fingerprint density at radius 3 is 1.85 bits per heavy atom. The average Bonchev–Trinajstić information content (AvgIpc) is 3.11. The molecule has 1 N–H and O–H groups in total.